The van der Waals surface area contributed by atoms with Gasteiger partial charge in [-0.05, 0) is 61.9 Å². The number of aromatic amines is 1. The van der Waals surface area contributed by atoms with Crippen LogP contribution in [0.5, 0.6) is 0 Å². The van der Waals surface area contributed by atoms with Crippen LogP contribution >= 0.6 is 0 Å². The van der Waals surface area contributed by atoms with Crippen molar-refractivity contribution in [2.24, 2.45) is 0 Å². The SMILES string of the molecule is C=CC(=O)Nc1cc(C(=O)Nc2cc(-c3cc4c([nH]3)C3(CCCNC3)CNC4=O)ccn2)ccc1F. The molecule has 0 bridgehead atoms. The Bertz CT molecular complexity index is 1380. The number of piperidine rings is 1. The molecular weight excluding hydrogens is 463 g/mol. The highest BCUT2D eigenvalue weighted by atomic mass is 19.1. The maximum Gasteiger partial charge on any atom is 0.256 e. The van der Waals surface area contributed by atoms with Crippen molar-refractivity contribution in [3.63, 3.8) is 0 Å². The topological polar surface area (TPSA) is 128 Å². The molecule has 3 aromatic rings. The lowest BCUT2D eigenvalue weighted by Gasteiger charge is -2.40. The maximum atomic E-state index is 14.0. The van der Waals surface area contributed by atoms with Crippen molar-refractivity contribution >= 4 is 29.2 Å². The number of H-pyrrole nitrogens is 1. The van der Waals surface area contributed by atoms with E-state index in [1.54, 1.807) is 18.3 Å². The van der Waals surface area contributed by atoms with Crippen LogP contribution in [0.15, 0.2) is 55.3 Å². The molecule has 1 aromatic carbocycles. The van der Waals surface area contributed by atoms with E-state index in [1.807, 2.05) is 6.07 Å². The Kier molecular flexibility index (Phi) is 6.11. The molecule has 9 nitrogen and oxygen atoms in total. The van der Waals surface area contributed by atoms with Gasteiger partial charge in [0.1, 0.15) is 11.6 Å². The van der Waals surface area contributed by atoms with Gasteiger partial charge < -0.3 is 26.3 Å². The van der Waals surface area contributed by atoms with Crippen molar-refractivity contribution in [3.05, 3.63) is 77.9 Å². The molecule has 1 saturated heterocycles. The average Bonchev–Trinajstić information content (AvgIpc) is 3.36. The Hall–Kier alpha value is -4.31. The minimum Gasteiger partial charge on any atom is -0.357 e. The van der Waals surface area contributed by atoms with E-state index in [9.17, 15) is 18.8 Å². The van der Waals surface area contributed by atoms with Gasteiger partial charge in [-0.15, -0.1) is 0 Å². The molecule has 1 fully saturated rings. The minimum absolute atomic E-state index is 0.109. The molecule has 36 heavy (non-hydrogen) atoms. The normalized spacial score (nSPS) is 18.8. The van der Waals surface area contributed by atoms with Crippen molar-refractivity contribution in [1.82, 2.24) is 20.6 Å². The average molecular weight is 489 g/mol. The van der Waals surface area contributed by atoms with Gasteiger partial charge in [-0.25, -0.2) is 9.37 Å². The number of pyridine rings is 1. The van der Waals surface area contributed by atoms with E-state index in [1.165, 1.54) is 12.1 Å². The van der Waals surface area contributed by atoms with Crippen LogP contribution in [0.4, 0.5) is 15.9 Å². The fraction of sp³-hybridized carbons (Fsp3) is 0.231. The minimum atomic E-state index is -0.674. The Labute approximate surface area is 206 Å². The first-order valence-electron chi connectivity index (χ1n) is 11.6. The lowest BCUT2D eigenvalue weighted by Crippen LogP contribution is -2.54. The van der Waals surface area contributed by atoms with Gasteiger partial charge in [0.15, 0.2) is 0 Å². The summed E-state index contributed by atoms with van der Waals surface area (Å²) in [5, 5.41) is 11.5. The number of carbonyl (C=O) groups is 3. The largest absolute Gasteiger partial charge is 0.357 e. The highest BCUT2D eigenvalue weighted by molar-refractivity contribution is 6.06. The van der Waals surface area contributed by atoms with E-state index >= 15 is 0 Å². The Morgan fingerprint density at radius 1 is 1.14 bits per heavy atom. The molecule has 5 rings (SSSR count). The third kappa shape index (κ3) is 4.38. The van der Waals surface area contributed by atoms with E-state index in [-0.39, 0.29) is 28.4 Å². The maximum absolute atomic E-state index is 14.0. The van der Waals surface area contributed by atoms with E-state index in [0.717, 1.165) is 55.0 Å². The summed E-state index contributed by atoms with van der Waals surface area (Å²) in [6, 6.07) is 8.97. The molecule has 0 saturated carbocycles. The van der Waals surface area contributed by atoms with Gasteiger partial charge in [0.05, 0.1) is 11.3 Å². The number of fused-ring (bicyclic) bond motifs is 2. The van der Waals surface area contributed by atoms with E-state index < -0.39 is 17.6 Å². The smallest absolute Gasteiger partial charge is 0.256 e. The number of aromatic nitrogens is 2. The van der Waals surface area contributed by atoms with Crippen molar-refractivity contribution in [2.45, 2.75) is 18.3 Å². The first-order chi connectivity index (χ1) is 17.4. The molecule has 4 heterocycles. The zero-order chi connectivity index (χ0) is 25.3. The quantitative estimate of drug-likeness (QED) is 0.353. The number of rotatable bonds is 5. The standard InChI is InChI=1S/C26H25FN6O3/c1-2-22(34)31-20-10-16(4-5-18(20)27)24(35)33-21-11-15(6-9-29-21)19-12-17-23(32-19)26(14-30-25(17)36)7-3-8-28-13-26/h2,4-6,9-12,28,32H,1,3,7-8,13-14H2,(H,30,36)(H,31,34)(H,29,33,35). The summed E-state index contributed by atoms with van der Waals surface area (Å²) in [5.74, 6) is -1.61. The van der Waals surface area contributed by atoms with Crippen LogP contribution in [0.3, 0.4) is 0 Å². The highest BCUT2D eigenvalue weighted by Crippen LogP contribution is 2.37. The number of nitrogens with one attached hydrogen (secondary N) is 5. The number of carbonyl (C=O) groups excluding carboxylic acids is 3. The molecule has 2 aromatic heterocycles. The Morgan fingerprint density at radius 3 is 2.78 bits per heavy atom. The molecule has 1 atom stereocenters. The number of hydrogen-bond acceptors (Lipinski definition) is 5. The molecule has 3 amide bonds. The fourth-order valence-corrected chi connectivity index (χ4v) is 4.77. The molecule has 2 aliphatic rings. The van der Waals surface area contributed by atoms with Gasteiger partial charge >= 0.3 is 0 Å². The van der Waals surface area contributed by atoms with Crippen molar-refractivity contribution in [3.8, 4) is 11.3 Å². The van der Waals surface area contributed by atoms with Crippen molar-refractivity contribution < 1.29 is 18.8 Å². The fourth-order valence-electron chi connectivity index (χ4n) is 4.77. The number of benzene rings is 1. The van der Waals surface area contributed by atoms with Gasteiger partial charge in [0, 0.05) is 47.2 Å². The first kappa shape index (κ1) is 23.4. The van der Waals surface area contributed by atoms with Crippen LogP contribution < -0.4 is 21.3 Å². The van der Waals surface area contributed by atoms with Crippen LogP contribution in [-0.4, -0.2) is 47.3 Å². The molecule has 2 aliphatic heterocycles. The van der Waals surface area contributed by atoms with E-state index in [0.29, 0.717) is 12.1 Å². The third-order valence-corrected chi connectivity index (χ3v) is 6.64. The summed E-state index contributed by atoms with van der Waals surface area (Å²) in [6.45, 7) is 5.66. The molecule has 10 heteroatoms. The summed E-state index contributed by atoms with van der Waals surface area (Å²) in [4.78, 5) is 44.6. The highest BCUT2D eigenvalue weighted by Gasteiger charge is 2.42. The van der Waals surface area contributed by atoms with Gasteiger partial charge in [-0.3, -0.25) is 14.4 Å². The van der Waals surface area contributed by atoms with E-state index in [2.05, 4.69) is 37.8 Å². The van der Waals surface area contributed by atoms with Crippen molar-refractivity contribution in [1.29, 1.82) is 0 Å². The van der Waals surface area contributed by atoms with Crippen LogP contribution in [0.25, 0.3) is 11.3 Å². The second-order valence-corrected chi connectivity index (χ2v) is 8.99. The number of halogens is 1. The van der Waals surface area contributed by atoms with Gasteiger partial charge in [0.25, 0.3) is 11.8 Å². The number of anilines is 2. The summed E-state index contributed by atoms with van der Waals surface area (Å²) < 4.78 is 14.0. The molecule has 1 unspecified atom stereocenters. The number of amides is 3. The molecule has 0 aliphatic carbocycles. The second-order valence-electron chi connectivity index (χ2n) is 8.99. The number of hydrogen-bond donors (Lipinski definition) is 5. The second kappa shape index (κ2) is 9.38. The summed E-state index contributed by atoms with van der Waals surface area (Å²) in [7, 11) is 0. The molecule has 184 valence electrons. The lowest BCUT2D eigenvalue weighted by atomic mass is 9.74. The third-order valence-electron chi connectivity index (χ3n) is 6.64. The van der Waals surface area contributed by atoms with E-state index in [4.69, 9.17) is 0 Å². The Balaban J connectivity index is 1.39. The van der Waals surface area contributed by atoms with Crippen LogP contribution in [0, 0.1) is 5.82 Å². The number of nitrogens with zero attached hydrogens (tertiary/aromatic N) is 1. The zero-order valence-corrected chi connectivity index (χ0v) is 19.4. The summed E-state index contributed by atoms with van der Waals surface area (Å²) >= 11 is 0. The zero-order valence-electron chi connectivity index (χ0n) is 19.4. The summed E-state index contributed by atoms with van der Waals surface area (Å²) in [5.41, 5.74) is 2.89. The first-order valence-corrected chi connectivity index (χ1v) is 11.6. The van der Waals surface area contributed by atoms with Gasteiger partial charge in [0.2, 0.25) is 5.91 Å². The molecule has 0 radical (unpaired) electrons. The van der Waals surface area contributed by atoms with Crippen LogP contribution in [-0.2, 0) is 10.2 Å². The molecule has 5 N–H and O–H groups in total. The van der Waals surface area contributed by atoms with Gasteiger partial charge in [-0.2, -0.15) is 0 Å². The van der Waals surface area contributed by atoms with Gasteiger partial charge in [-0.1, -0.05) is 6.58 Å². The Morgan fingerprint density at radius 2 is 2.00 bits per heavy atom. The predicted molar refractivity (Wildman–Crippen MR) is 133 cm³/mol. The monoisotopic (exact) mass is 488 g/mol. The molecular formula is C26H25FN6O3. The predicted octanol–water partition coefficient (Wildman–Crippen LogP) is 2.96. The van der Waals surface area contributed by atoms with Crippen molar-refractivity contribution in [2.75, 3.05) is 30.3 Å². The van der Waals surface area contributed by atoms with Crippen LogP contribution in [0.2, 0.25) is 0 Å². The summed E-state index contributed by atoms with van der Waals surface area (Å²) in [6.07, 6.45) is 4.56. The molecule has 1 spiro atoms. The lowest BCUT2D eigenvalue weighted by molar-refractivity contribution is -0.111. The van der Waals surface area contributed by atoms with Crippen LogP contribution in [0.1, 0.15) is 39.3 Å².